The average molecular weight is 332 g/mol. The molecule has 1 atom stereocenters. The van der Waals surface area contributed by atoms with Gasteiger partial charge in [0.2, 0.25) is 0 Å². The fraction of sp³-hybridized carbons (Fsp3) is 0.333. The molecule has 2 heteroatoms. The summed E-state index contributed by atoms with van der Waals surface area (Å²) in [7, 11) is 2.01. The first-order valence-electron chi connectivity index (χ1n) is 7.18. The number of hydrogen-bond donors (Lipinski definition) is 1. The van der Waals surface area contributed by atoms with E-state index >= 15 is 0 Å². The summed E-state index contributed by atoms with van der Waals surface area (Å²) in [5.41, 5.74) is 5.27. The van der Waals surface area contributed by atoms with Crippen LogP contribution in [0.4, 0.5) is 0 Å². The third kappa shape index (κ3) is 3.50. The van der Waals surface area contributed by atoms with Crippen LogP contribution in [-0.2, 0) is 6.42 Å². The maximum atomic E-state index is 3.62. The van der Waals surface area contributed by atoms with Crippen LogP contribution in [0.1, 0.15) is 41.6 Å². The summed E-state index contributed by atoms with van der Waals surface area (Å²) in [4.78, 5) is 0. The molecule has 0 aliphatic carbocycles. The molecule has 106 valence electrons. The molecule has 1 unspecified atom stereocenters. The summed E-state index contributed by atoms with van der Waals surface area (Å²) >= 11 is 3.62. The fourth-order valence-electron chi connectivity index (χ4n) is 2.48. The first kappa shape index (κ1) is 15.3. The number of nitrogens with one attached hydrogen (secondary N) is 1. The topological polar surface area (TPSA) is 12.0 Å². The van der Waals surface area contributed by atoms with Gasteiger partial charge in [0.1, 0.15) is 0 Å². The highest BCUT2D eigenvalue weighted by Gasteiger charge is 2.12. The third-order valence-electron chi connectivity index (χ3n) is 3.67. The Labute approximate surface area is 130 Å². The Morgan fingerprint density at radius 2 is 1.70 bits per heavy atom. The zero-order valence-corrected chi connectivity index (χ0v) is 14.0. The maximum Gasteiger partial charge on any atom is 0.0574 e. The van der Waals surface area contributed by atoms with Gasteiger partial charge in [-0.15, -0.1) is 0 Å². The lowest BCUT2D eigenvalue weighted by molar-refractivity contribution is 0.690. The highest BCUT2D eigenvalue weighted by atomic mass is 79.9. The Bertz CT molecular complexity index is 560. The lowest BCUT2D eigenvalue weighted by Gasteiger charge is -2.18. The van der Waals surface area contributed by atoms with E-state index in [0.717, 1.165) is 10.9 Å². The van der Waals surface area contributed by atoms with Crippen LogP contribution >= 0.6 is 15.9 Å². The number of benzene rings is 2. The third-order valence-corrected chi connectivity index (χ3v) is 4.52. The molecule has 0 amide bonds. The lowest BCUT2D eigenvalue weighted by atomic mass is 9.96. The van der Waals surface area contributed by atoms with Gasteiger partial charge in [0.15, 0.2) is 0 Å². The Morgan fingerprint density at radius 3 is 2.25 bits per heavy atom. The Morgan fingerprint density at radius 1 is 1.05 bits per heavy atom. The van der Waals surface area contributed by atoms with Crippen molar-refractivity contribution in [1.82, 2.24) is 5.32 Å². The first-order valence-corrected chi connectivity index (χ1v) is 7.97. The van der Waals surface area contributed by atoms with E-state index in [1.165, 1.54) is 28.7 Å². The minimum Gasteiger partial charge on any atom is -0.309 e. The largest absolute Gasteiger partial charge is 0.309 e. The summed E-state index contributed by atoms with van der Waals surface area (Å²) in [6, 6.07) is 15.8. The molecular formula is C18H22BrN. The minimum absolute atomic E-state index is 0.238. The van der Waals surface area contributed by atoms with Crippen LogP contribution in [0.15, 0.2) is 46.9 Å². The zero-order valence-electron chi connectivity index (χ0n) is 12.4. The SMILES string of the molecule is CCCc1ccc(C(NC)c2ccc(C)c(Br)c2)cc1. The van der Waals surface area contributed by atoms with Gasteiger partial charge in [-0.2, -0.15) is 0 Å². The van der Waals surface area contributed by atoms with Crippen molar-refractivity contribution in [3.8, 4) is 0 Å². The monoisotopic (exact) mass is 331 g/mol. The molecule has 2 aromatic carbocycles. The summed E-state index contributed by atoms with van der Waals surface area (Å²) < 4.78 is 1.16. The summed E-state index contributed by atoms with van der Waals surface area (Å²) in [6.07, 6.45) is 2.35. The smallest absolute Gasteiger partial charge is 0.0574 e. The quantitative estimate of drug-likeness (QED) is 0.811. The summed E-state index contributed by atoms with van der Waals surface area (Å²) in [6.45, 7) is 4.33. The maximum absolute atomic E-state index is 3.62. The van der Waals surface area contributed by atoms with Crippen LogP contribution in [0.25, 0.3) is 0 Å². The van der Waals surface area contributed by atoms with Crippen molar-refractivity contribution in [2.75, 3.05) is 7.05 Å². The zero-order chi connectivity index (χ0) is 14.5. The molecule has 2 rings (SSSR count). The van der Waals surface area contributed by atoms with Crippen LogP contribution in [0, 0.1) is 6.92 Å². The molecule has 0 fully saturated rings. The Kier molecular flexibility index (Phi) is 5.38. The van der Waals surface area contributed by atoms with Gasteiger partial charge >= 0.3 is 0 Å². The van der Waals surface area contributed by atoms with Gasteiger partial charge in [-0.1, -0.05) is 65.7 Å². The van der Waals surface area contributed by atoms with Gasteiger partial charge in [-0.3, -0.25) is 0 Å². The van der Waals surface area contributed by atoms with E-state index in [1.54, 1.807) is 0 Å². The van der Waals surface area contributed by atoms with Crippen LogP contribution < -0.4 is 5.32 Å². The highest BCUT2D eigenvalue weighted by molar-refractivity contribution is 9.10. The van der Waals surface area contributed by atoms with E-state index in [2.05, 4.69) is 77.6 Å². The standard InChI is InChI=1S/C18H22BrN/c1-4-5-14-7-10-15(11-8-14)18(20-3)16-9-6-13(2)17(19)12-16/h6-12,18,20H,4-5H2,1-3H3. The first-order chi connectivity index (χ1) is 9.65. The van der Waals surface area contributed by atoms with Crippen LogP contribution in [0.3, 0.4) is 0 Å². The van der Waals surface area contributed by atoms with Crippen molar-refractivity contribution in [2.45, 2.75) is 32.7 Å². The van der Waals surface area contributed by atoms with Crippen molar-refractivity contribution in [3.63, 3.8) is 0 Å². The van der Waals surface area contributed by atoms with E-state index in [9.17, 15) is 0 Å². The van der Waals surface area contributed by atoms with Gasteiger partial charge in [-0.25, -0.2) is 0 Å². The Balaban J connectivity index is 2.29. The molecule has 0 saturated carbocycles. The minimum atomic E-state index is 0.238. The molecule has 0 aromatic heterocycles. The van der Waals surface area contributed by atoms with E-state index in [1.807, 2.05) is 7.05 Å². The van der Waals surface area contributed by atoms with Crippen molar-refractivity contribution in [3.05, 3.63) is 69.2 Å². The van der Waals surface area contributed by atoms with Crippen LogP contribution in [-0.4, -0.2) is 7.05 Å². The molecule has 1 N–H and O–H groups in total. The van der Waals surface area contributed by atoms with E-state index in [4.69, 9.17) is 0 Å². The molecule has 0 aliphatic heterocycles. The lowest BCUT2D eigenvalue weighted by Crippen LogP contribution is -2.17. The molecule has 0 aliphatic rings. The molecule has 0 heterocycles. The second-order valence-corrected chi connectivity index (χ2v) is 6.08. The van der Waals surface area contributed by atoms with Gasteiger partial charge < -0.3 is 5.32 Å². The predicted octanol–water partition coefficient (Wildman–Crippen LogP) is 5.02. The molecule has 2 aromatic rings. The number of rotatable bonds is 5. The van der Waals surface area contributed by atoms with Crippen LogP contribution in [0.5, 0.6) is 0 Å². The van der Waals surface area contributed by atoms with Gasteiger partial charge in [0.25, 0.3) is 0 Å². The molecule has 0 spiro atoms. The van der Waals surface area contributed by atoms with Crippen molar-refractivity contribution in [1.29, 1.82) is 0 Å². The van der Waals surface area contributed by atoms with E-state index in [0.29, 0.717) is 0 Å². The molecule has 0 saturated heterocycles. The van der Waals surface area contributed by atoms with Crippen molar-refractivity contribution < 1.29 is 0 Å². The summed E-state index contributed by atoms with van der Waals surface area (Å²) in [5.74, 6) is 0. The second kappa shape index (κ2) is 7.05. The van der Waals surface area contributed by atoms with E-state index in [-0.39, 0.29) is 6.04 Å². The van der Waals surface area contributed by atoms with Gasteiger partial charge in [0, 0.05) is 4.47 Å². The number of hydrogen-bond acceptors (Lipinski definition) is 1. The van der Waals surface area contributed by atoms with Crippen LogP contribution in [0.2, 0.25) is 0 Å². The molecule has 0 radical (unpaired) electrons. The summed E-state index contributed by atoms with van der Waals surface area (Å²) in [5, 5.41) is 3.41. The van der Waals surface area contributed by atoms with Crippen molar-refractivity contribution in [2.24, 2.45) is 0 Å². The average Bonchev–Trinajstić information content (AvgIpc) is 2.46. The number of halogens is 1. The molecule has 20 heavy (non-hydrogen) atoms. The second-order valence-electron chi connectivity index (χ2n) is 5.22. The van der Waals surface area contributed by atoms with Gasteiger partial charge in [0.05, 0.1) is 6.04 Å². The highest BCUT2D eigenvalue weighted by Crippen LogP contribution is 2.26. The Hall–Kier alpha value is -1.12. The van der Waals surface area contributed by atoms with Gasteiger partial charge in [-0.05, 0) is 48.7 Å². The van der Waals surface area contributed by atoms with Crippen molar-refractivity contribution >= 4 is 15.9 Å². The van der Waals surface area contributed by atoms with E-state index < -0.39 is 0 Å². The predicted molar refractivity (Wildman–Crippen MR) is 90.2 cm³/mol. The molecular weight excluding hydrogens is 310 g/mol. The fourth-order valence-corrected chi connectivity index (χ4v) is 2.88. The molecule has 0 bridgehead atoms. The molecule has 1 nitrogen and oxygen atoms in total. The normalized spacial score (nSPS) is 12.4. The number of aryl methyl sites for hydroxylation is 2.